The first-order valence-electron chi connectivity index (χ1n) is 5.68. The molecule has 0 amide bonds. The van der Waals surface area contributed by atoms with Gasteiger partial charge < -0.3 is 14.4 Å². The van der Waals surface area contributed by atoms with E-state index in [0.29, 0.717) is 12.5 Å². The van der Waals surface area contributed by atoms with Crippen LogP contribution in [0.15, 0.2) is 18.2 Å². The molecule has 0 bridgehead atoms. The van der Waals surface area contributed by atoms with Gasteiger partial charge in [-0.1, -0.05) is 26.0 Å². The molecule has 0 spiro atoms. The van der Waals surface area contributed by atoms with Gasteiger partial charge in [0.1, 0.15) is 5.75 Å². The lowest BCUT2D eigenvalue weighted by atomic mass is 9.92. The fraction of sp³-hybridized carbons (Fsp3) is 0.500. The summed E-state index contributed by atoms with van der Waals surface area (Å²) in [7, 11) is -0.274. The molecule has 1 unspecified atom stereocenters. The molecular weight excluding hydrogens is 203 g/mol. The van der Waals surface area contributed by atoms with Crippen LogP contribution in [0, 0.1) is 5.92 Å². The van der Waals surface area contributed by atoms with Crippen LogP contribution in [0.5, 0.6) is 5.75 Å². The van der Waals surface area contributed by atoms with E-state index in [4.69, 9.17) is 14.4 Å². The van der Waals surface area contributed by atoms with Gasteiger partial charge >= 0.3 is 7.69 Å². The second-order valence-electron chi connectivity index (χ2n) is 4.46. The molecule has 2 rings (SSSR count). The summed E-state index contributed by atoms with van der Waals surface area (Å²) < 4.78 is 11.0. The first-order valence-corrected chi connectivity index (χ1v) is 5.68. The molecule has 4 heteroatoms. The van der Waals surface area contributed by atoms with Gasteiger partial charge in [-0.3, -0.25) is 0 Å². The summed E-state index contributed by atoms with van der Waals surface area (Å²) in [5.41, 5.74) is 2.35. The molecule has 86 valence electrons. The van der Waals surface area contributed by atoms with Crippen LogP contribution in [0.1, 0.15) is 25.0 Å². The third kappa shape index (κ3) is 2.23. The Kier molecular flexibility index (Phi) is 3.51. The number of ether oxygens (including phenoxy) is 1. The van der Waals surface area contributed by atoms with Crippen LogP contribution in [0.3, 0.4) is 0 Å². The quantitative estimate of drug-likeness (QED) is 0.783. The molecule has 3 nitrogen and oxygen atoms in total. The van der Waals surface area contributed by atoms with Gasteiger partial charge in [0.2, 0.25) is 0 Å². The van der Waals surface area contributed by atoms with Crippen molar-refractivity contribution in [2.45, 2.75) is 33.0 Å². The Labute approximate surface area is 96.7 Å². The Morgan fingerprint density at radius 2 is 2.31 bits per heavy atom. The fourth-order valence-corrected chi connectivity index (χ4v) is 2.07. The zero-order chi connectivity index (χ0) is 11.5. The summed E-state index contributed by atoms with van der Waals surface area (Å²) in [6, 6.07) is 5.89. The fourth-order valence-electron chi connectivity index (χ4n) is 2.07. The molecular formula is C12H17BO3. The van der Waals surface area contributed by atoms with Gasteiger partial charge in [0.05, 0.1) is 12.7 Å². The standard InChI is InChI=1S/C12H17BO3/c1-8(2)12-6-10-9(7-15-12)4-3-5-11(10)16-13-14/h3-5,8,12-14H,6-7H2,1-2H3. The Balaban J connectivity index is 2.26. The zero-order valence-electron chi connectivity index (χ0n) is 9.77. The zero-order valence-corrected chi connectivity index (χ0v) is 9.77. The maximum Gasteiger partial charge on any atom is 0.504 e. The van der Waals surface area contributed by atoms with Crippen LogP contribution in [0.2, 0.25) is 0 Å². The van der Waals surface area contributed by atoms with Crippen LogP contribution in [0.25, 0.3) is 0 Å². The highest BCUT2D eigenvalue weighted by molar-refractivity contribution is 6.17. The van der Waals surface area contributed by atoms with Gasteiger partial charge in [0.15, 0.2) is 0 Å². The Hall–Kier alpha value is -0.995. The molecule has 1 heterocycles. The molecule has 1 aliphatic heterocycles. The van der Waals surface area contributed by atoms with Gasteiger partial charge in [0, 0.05) is 12.0 Å². The molecule has 0 radical (unpaired) electrons. The summed E-state index contributed by atoms with van der Waals surface area (Å²) >= 11 is 0. The topological polar surface area (TPSA) is 38.7 Å². The van der Waals surface area contributed by atoms with Crippen LogP contribution < -0.4 is 4.65 Å². The van der Waals surface area contributed by atoms with E-state index in [-0.39, 0.29) is 13.8 Å². The lowest BCUT2D eigenvalue weighted by Gasteiger charge is -2.29. The minimum atomic E-state index is -0.274. The van der Waals surface area contributed by atoms with Gasteiger partial charge in [-0.2, -0.15) is 0 Å². The van der Waals surface area contributed by atoms with Crippen molar-refractivity contribution in [3.63, 3.8) is 0 Å². The average molecular weight is 220 g/mol. The number of fused-ring (bicyclic) bond motifs is 1. The largest absolute Gasteiger partial charge is 0.539 e. The van der Waals surface area contributed by atoms with Crippen LogP contribution in [-0.2, 0) is 17.8 Å². The van der Waals surface area contributed by atoms with Crippen molar-refractivity contribution < 1.29 is 14.4 Å². The molecule has 0 aliphatic carbocycles. The van der Waals surface area contributed by atoms with Crippen LogP contribution in [-0.4, -0.2) is 18.8 Å². The molecule has 0 aromatic heterocycles. The van der Waals surface area contributed by atoms with Crippen molar-refractivity contribution in [3.05, 3.63) is 29.3 Å². The van der Waals surface area contributed by atoms with E-state index >= 15 is 0 Å². The number of rotatable bonds is 3. The monoisotopic (exact) mass is 220 g/mol. The van der Waals surface area contributed by atoms with Crippen molar-refractivity contribution in [1.82, 2.24) is 0 Å². The number of hydrogen-bond acceptors (Lipinski definition) is 3. The highest BCUT2D eigenvalue weighted by Crippen LogP contribution is 2.31. The summed E-state index contributed by atoms with van der Waals surface area (Å²) in [6.07, 6.45) is 1.11. The first-order chi connectivity index (χ1) is 7.72. The van der Waals surface area contributed by atoms with Gasteiger partial charge in [-0.15, -0.1) is 0 Å². The maximum absolute atomic E-state index is 8.84. The normalized spacial score (nSPS) is 19.4. The SMILES string of the molecule is CC(C)C1Cc2c(cccc2OBO)CO1. The molecule has 1 aliphatic rings. The molecule has 1 N–H and O–H groups in total. The van der Waals surface area contributed by atoms with E-state index in [1.165, 1.54) is 11.1 Å². The van der Waals surface area contributed by atoms with Crippen molar-refractivity contribution in [1.29, 1.82) is 0 Å². The summed E-state index contributed by atoms with van der Waals surface area (Å²) in [6.45, 7) is 4.96. The minimum Gasteiger partial charge on any atom is -0.539 e. The lowest BCUT2D eigenvalue weighted by Crippen LogP contribution is -2.27. The molecule has 0 saturated carbocycles. The smallest absolute Gasteiger partial charge is 0.504 e. The summed E-state index contributed by atoms with van der Waals surface area (Å²) in [5.74, 6) is 1.28. The van der Waals surface area contributed by atoms with Crippen LogP contribution >= 0.6 is 0 Å². The molecule has 1 atom stereocenters. The van der Waals surface area contributed by atoms with E-state index in [1.807, 2.05) is 12.1 Å². The molecule has 0 fully saturated rings. The number of benzene rings is 1. The van der Waals surface area contributed by atoms with Crippen molar-refractivity contribution in [2.24, 2.45) is 5.92 Å². The second-order valence-corrected chi connectivity index (χ2v) is 4.46. The Bertz CT molecular complexity index is 365. The van der Waals surface area contributed by atoms with Crippen molar-refractivity contribution >= 4 is 7.69 Å². The molecule has 1 aromatic rings. The molecule has 1 aromatic carbocycles. The van der Waals surface area contributed by atoms with Gasteiger partial charge in [0.25, 0.3) is 0 Å². The highest BCUT2D eigenvalue weighted by atomic mass is 16.5. The van der Waals surface area contributed by atoms with E-state index in [2.05, 4.69) is 19.9 Å². The van der Waals surface area contributed by atoms with Crippen molar-refractivity contribution in [2.75, 3.05) is 0 Å². The average Bonchev–Trinajstić information content (AvgIpc) is 2.29. The number of hydrogen-bond donors (Lipinski definition) is 1. The van der Waals surface area contributed by atoms with E-state index in [9.17, 15) is 0 Å². The molecule has 16 heavy (non-hydrogen) atoms. The first kappa shape index (κ1) is 11.5. The summed E-state index contributed by atoms with van der Waals surface area (Å²) in [5, 5.41) is 8.84. The lowest BCUT2D eigenvalue weighted by molar-refractivity contribution is -0.000730. The van der Waals surface area contributed by atoms with Crippen molar-refractivity contribution in [3.8, 4) is 5.75 Å². The minimum absolute atomic E-state index is 0.246. The Morgan fingerprint density at radius 3 is 3.00 bits per heavy atom. The van der Waals surface area contributed by atoms with E-state index in [0.717, 1.165) is 12.2 Å². The summed E-state index contributed by atoms with van der Waals surface area (Å²) in [4.78, 5) is 0. The second kappa shape index (κ2) is 4.89. The third-order valence-corrected chi connectivity index (χ3v) is 3.05. The Morgan fingerprint density at radius 1 is 1.50 bits per heavy atom. The predicted octanol–water partition coefficient (Wildman–Crippen LogP) is 1.42. The maximum atomic E-state index is 8.84. The third-order valence-electron chi connectivity index (χ3n) is 3.05. The van der Waals surface area contributed by atoms with Crippen LogP contribution in [0.4, 0.5) is 0 Å². The molecule has 0 saturated heterocycles. The van der Waals surface area contributed by atoms with E-state index in [1.54, 1.807) is 0 Å². The van der Waals surface area contributed by atoms with Gasteiger partial charge in [-0.25, -0.2) is 0 Å². The van der Waals surface area contributed by atoms with Gasteiger partial charge in [-0.05, 0) is 17.5 Å². The predicted molar refractivity (Wildman–Crippen MR) is 63.6 cm³/mol. The van der Waals surface area contributed by atoms with E-state index < -0.39 is 0 Å². The highest BCUT2D eigenvalue weighted by Gasteiger charge is 2.24.